The third-order valence-corrected chi connectivity index (χ3v) is 2.12. The first kappa shape index (κ1) is 7.18. The van der Waals surface area contributed by atoms with Gasteiger partial charge in [-0.2, -0.15) is 4.21 Å². The van der Waals surface area contributed by atoms with Crippen LogP contribution >= 0.6 is 0 Å². The predicted molar refractivity (Wildman–Crippen MR) is 33.9 cm³/mol. The first-order chi connectivity index (χ1) is 4.18. The van der Waals surface area contributed by atoms with Crippen molar-refractivity contribution in [3.05, 3.63) is 0 Å². The van der Waals surface area contributed by atoms with Crippen LogP contribution in [-0.2, 0) is 19.7 Å². The van der Waals surface area contributed by atoms with Gasteiger partial charge in [-0.15, -0.1) is 0 Å². The first-order valence-electron chi connectivity index (χ1n) is 2.94. The van der Waals surface area contributed by atoms with E-state index in [0.29, 0.717) is 0 Å². The summed E-state index contributed by atoms with van der Waals surface area (Å²) in [7, 11) is 0. The summed E-state index contributed by atoms with van der Waals surface area (Å²) < 4.78 is 20.2. The minimum absolute atomic E-state index is 0.0644. The molecule has 0 spiro atoms. The van der Waals surface area contributed by atoms with Gasteiger partial charge in [0.05, 0.1) is 12.2 Å². The third-order valence-electron chi connectivity index (χ3n) is 1.15. The van der Waals surface area contributed by atoms with Crippen molar-refractivity contribution in [2.75, 3.05) is 0 Å². The van der Waals surface area contributed by atoms with Gasteiger partial charge in [0.1, 0.15) is 0 Å². The van der Waals surface area contributed by atoms with Crippen LogP contribution in [0.5, 0.6) is 0 Å². The summed E-state index contributed by atoms with van der Waals surface area (Å²) in [5.41, 5.74) is 0. The molecule has 4 heteroatoms. The maximum Gasteiger partial charge on any atom is 0.305 e. The second-order valence-corrected chi connectivity index (χ2v) is 3.05. The fraction of sp³-hybridized carbons (Fsp3) is 1.00. The van der Waals surface area contributed by atoms with Crippen LogP contribution in [0.3, 0.4) is 0 Å². The van der Waals surface area contributed by atoms with Crippen molar-refractivity contribution in [3.63, 3.8) is 0 Å². The quantitative estimate of drug-likeness (QED) is 0.512. The smallest absolute Gasteiger partial charge is 0.265 e. The highest BCUT2D eigenvalue weighted by Gasteiger charge is 2.21. The molecule has 0 radical (unpaired) electrons. The normalized spacial score (nSPS) is 44.9. The van der Waals surface area contributed by atoms with Crippen LogP contribution in [0.25, 0.3) is 0 Å². The number of rotatable bonds is 0. The lowest BCUT2D eigenvalue weighted by molar-refractivity contribution is 0.0777. The molecule has 3 nitrogen and oxygen atoms in total. The van der Waals surface area contributed by atoms with Crippen molar-refractivity contribution in [3.8, 4) is 0 Å². The van der Waals surface area contributed by atoms with E-state index in [2.05, 4.69) is 0 Å². The van der Waals surface area contributed by atoms with E-state index in [-0.39, 0.29) is 12.2 Å². The zero-order chi connectivity index (χ0) is 6.85. The molecular weight excluding hydrogens is 140 g/mol. The Kier molecular flexibility index (Phi) is 2.21. The molecule has 0 aromatic carbocycles. The van der Waals surface area contributed by atoms with E-state index in [1.54, 1.807) is 0 Å². The minimum Gasteiger partial charge on any atom is -0.265 e. The number of hydrogen-bond donors (Lipinski definition) is 0. The van der Waals surface area contributed by atoms with Gasteiger partial charge in [0.25, 0.3) is 0 Å². The maximum atomic E-state index is 10.6. The van der Waals surface area contributed by atoms with E-state index >= 15 is 0 Å². The molecule has 0 amide bonds. The highest BCUT2D eigenvalue weighted by molar-refractivity contribution is 7.75. The zero-order valence-electron chi connectivity index (χ0n) is 5.49. The van der Waals surface area contributed by atoms with Gasteiger partial charge in [-0.05, 0) is 13.8 Å². The summed E-state index contributed by atoms with van der Waals surface area (Å²) in [6, 6.07) is 0. The Morgan fingerprint density at radius 1 is 1.33 bits per heavy atom. The molecular formula is C5H10O3S. The van der Waals surface area contributed by atoms with E-state index in [9.17, 15) is 4.21 Å². The van der Waals surface area contributed by atoms with Crippen molar-refractivity contribution in [2.24, 2.45) is 0 Å². The SMILES string of the molecule is C[C@H]1C[C@H](C)OS(=O)O1. The molecule has 0 unspecified atom stereocenters. The van der Waals surface area contributed by atoms with Gasteiger partial charge >= 0.3 is 11.4 Å². The van der Waals surface area contributed by atoms with Crippen LogP contribution in [0.15, 0.2) is 0 Å². The summed E-state index contributed by atoms with van der Waals surface area (Å²) in [5.74, 6) is 0. The van der Waals surface area contributed by atoms with Crippen molar-refractivity contribution >= 4 is 11.4 Å². The Labute approximate surface area is 57.2 Å². The Morgan fingerprint density at radius 2 is 1.78 bits per heavy atom. The third kappa shape index (κ3) is 2.04. The van der Waals surface area contributed by atoms with E-state index < -0.39 is 11.4 Å². The largest absolute Gasteiger partial charge is 0.305 e. The van der Waals surface area contributed by atoms with Crippen LogP contribution in [0, 0.1) is 0 Å². The molecule has 0 aromatic heterocycles. The lowest BCUT2D eigenvalue weighted by Crippen LogP contribution is -2.27. The minimum atomic E-state index is -1.50. The van der Waals surface area contributed by atoms with Crippen LogP contribution < -0.4 is 0 Å². The van der Waals surface area contributed by atoms with Crippen LogP contribution in [-0.4, -0.2) is 16.4 Å². The molecule has 2 atom stereocenters. The fourth-order valence-electron chi connectivity index (χ4n) is 0.837. The Balaban J connectivity index is 2.43. The molecule has 0 bridgehead atoms. The highest BCUT2D eigenvalue weighted by Crippen LogP contribution is 2.15. The summed E-state index contributed by atoms with van der Waals surface area (Å²) >= 11 is -1.50. The van der Waals surface area contributed by atoms with Gasteiger partial charge in [0.2, 0.25) is 0 Å². The van der Waals surface area contributed by atoms with Crippen LogP contribution in [0.2, 0.25) is 0 Å². The van der Waals surface area contributed by atoms with Gasteiger partial charge in [0.15, 0.2) is 0 Å². The van der Waals surface area contributed by atoms with Gasteiger partial charge < -0.3 is 0 Å². The molecule has 1 heterocycles. The van der Waals surface area contributed by atoms with Gasteiger partial charge in [0, 0.05) is 6.42 Å². The average Bonchev–Trinajstić information content (AvgIpc) is 1.59. The monoisotopic (exact) mass is 150 g/mol. The summed E-state index contributed by atoms with van der Waals surface area (Å²) in [5, 5.41) is 0. The highest BCUT2D eigenvalue weighted by atomic mass is 32.2. The van der Waals surface area contributed by atoms with E-state index in [4.69, 9.17) is 8.37 Å². The molecule has 0 aliphatic carbocycles. The summed E-state index contributed by atoms with van der Waals surface area (Å²) in [6.07, 6.45) is 0.954. The molecule has 1 aliphatic heterocycles. The van der Waals surface area contributed by atoms with Crippen molar-refractivity contribution < 1.29 is 12.6 Å². The molecule has 0 saturated carbocycles. The van der Waals surface area contributed by atoms with Crippen molar-refractivity contribution in [1.29, 1.82) is 0 Å². The second kappa shape index (κ2) is 2.77. The molecule has 1 rings (SSSR count). The average molecular weight is 150 g/mol. The van der Waals surface area contributed by atoms with E-state index in [1.165, 1.54) is 0 Å². The van der Waals surface area contributed by atoms with Crippen molar-refractivity contribution in [2.45, 2.75) is 32.5 Å². The molecule has 0 N–H and O–H groups in total. The lowest BCUT2D eigenvalue weighted by Gasteiger charge is -2.22. The fourth-order valence-corrected chi connectivity index (χ4v) is 1.58. The summed E-state index contributed by atoms with van der Waals surface area (Å²) in [6.45, 7) is 3.77. The predicted octanol–water partition coefficient (Wildman–Crippen LogP) is 0.779. The number of hydrogen-bond acceptors (Lipinski definition) is 3. The lowest BCUT2D eigenvalue weighted by atomic mass is 10.2. The molecule has 0 aromatic rings. The maximum absolute atomic E-state index is 10.6. The van der Waals surface area contributed by atoms with E-state index in [0.717, 1.165) is 6.42 Å². The second-order valence-electron chi connectivity index (χ2n) is 2.25. The molecule has 1 saturated heterocycles. The Bertz CT molecular complexity index is 113. The topological polar surface area (TPSA) is 35.5 Å². The standard InChI is InChI=1S/C5H10O3S/c1-4-3-5(2)8-9(6)7-4/h4-5H,3H2,1-2H3/t4-,5-/m0/s1. The van der Waals surface area contributed by atoms with Crippen LogP contribution in [0.4, 0.5) is 0 Å². The van der Waals surface area contributed by atoms with E-state index in [1.807, 2.05) is 13.8 Å². The molecule has 1 fully saturated rings. The van der Waals surface area contributed by atoms with Gasteiger partial charge in [-0.1, -0.05) is 0 Å². The first-order valence-corrected chi connectivity index (χ1v) is 3.94. The van der Waals surface area contributed by atoms with Gasteiger partial charge in [-0.25, -0.2) is 0 Å². The molecule has 9 heavy (non-hydrogen) atoms. The molecule has 54 valence electrons. The summed E-state index contributed by atoms with van der Waals surface area (Å²) in [4.78, 5) is 0. The Hall–Kier alpha value is 0.0700. The molecule has 1 aliphatic rings. The zero-order valence-corrected chi connectivity index (χ0v) is 6.31. The van der Waals surface area contributed by atoms with Gasteiger partial charge in [-0.3, -0.25) is 8.37 Å². The van der Waals surface area contributed by atoms with Crippen LogP contribution in [0.1, 0.15) is 20.3 Å². The van der Waals surface area contributed by atoms with Crippen molar-refractivity contribution in [1.82, 2.24) is 0 Å². The Morgan fingerprint density at radius 3 is 2.11 bits per heavy atom.